The van der Waals surface area contributed by atoms with Crippen LogP contribution in [0.3, 0.4) is 0 Å². The fraction of sp³-hybridized carbons (Fsp3) is 0.478. The van der Waals surface area contributed by atoms with Crippen molar-refractivity contribution in [2.45, 2.75) is 51.5 Å². The molecule has 0 saturated carbocycles. The summed E-state index contributed by atoms with van der Waals surface area (Å²) in [6.45, 7) is 4.00. The third-order valence-corrected chi connectivity index (χ3v) is 5.48. The Morgan fingerprint density at radius 2 is 1.59 bits per heavy atom. The van der Waals surface area contributed by atoms with E-state index in [2.05, 4.69) is 16.9 Å². The number of aromatic nitrogens is 2. The topological polar surface area (TPSA) is 66.4 Å². The lowest BCUT2D eigenvalue weighted by molar-refractivity contribution is -0.143. The highest BCUT2D eigenvalue weighted by Gasteiger charge is 2.31. The highest BCUT2D eigenvalue weighted by Crippen LogP contribution is 2.18. The normalized spacial score (nSPS) is 16.7. The minimum Gasteiger partial charge on any atom is -0.339 e. The van der Waals surface area contributed by atoms with Crippen molar-refractivity contribution < 1.29 is 9.59 Å². The molecule has 3 heterocycles. The molecular weight excluding hydrogens is 364 g/mol. The van der Waals surface area contributed by atoms with Gasteiger partial charge in [-0.25, -0.2) is 0 Å². The minimum atomic E-state index is 0.109. The van der Waals surface area contributed by atoms with Gasteiger partial charge < -0.3 is 9.80 Å². The molecule has 0 unspecified atom stereocenters. The van der Waals surface area contributed by atoms with Gasteiger partial charge in [-0.15, -0.1) is 0 Å². The van der Waals surface area contributed by atoms with Crippen LogP contribution in [0.25, 0.3) is 0 Å². The van der Waals surface area contributed by atoms with E-state index < -0.39 is 0 Å². The van der Waals surface area contributed by atoms with E-state index in [-0.39, 0.29) is 17.9 Å². The maximum Gasteiger partial charge on any atom is 0.223 e. The van der Waals surface area contributed by atoms with Gasteiger partial charge in [0.25, 0.3) is 0 Å². The summed E-state index contributed by atoms with van der Waals surface area (Å²) < 4.78 is 0. The van der Waals surface area contributed by atoms with Gasteiger partial charge in [-0.05, 0) is 42.5 Å². The quantitative estimate of drug-likeness (QED) is 0.691. The SMILES string of the molecule is CCC[C@@H]1CN(C(=O)CCc2cccnc2)CCN1C(=O)CCc1cccnc1. The molecule has 6 nitrogen and oxygen atoms in total. The predicted octanol–water partition coefficient (Wildman–Crippen LogP) is 2.88. The zero-order chi connectivity index (χ0) is 20.5. The lowest BCUT2D eigenvalue weighted by atomic mass is 10.0. The largest absolute Gasteiger partial charge is 0.339 e. The van der Waals surface area contributed by atoms with Crippen LogP contribution < -0.4 is 0 Å². The number of carbonyl (C=O) groups excluding carboxylic acids is 2. The Labute approximate surface area is 173 Å². The maximum atomic E-state index is 12.8. The zero-order valence-corrected chi connectivity index (χ0v) is 17.2. The second-order valence-electron chi connectivity index (χ2n) is 7.59. The number of carbonyl (C=O) groups is 2. The van der Waals surface area contributed by atoms with E-state index in [4.69, 9.17) is 0 Å². The lowest BCUT2D eigenvalue weighted by Gasteiger charge is -2.41. The van der Waals surface area contributed by atoms with Crippen LogP contribution >= 0.6 is 0 Å². The molecule has 0 spiro atoms. The zero-order valence-electron chi connectivity index (χ0n) is 17.2. The average Bonchev–Trinajstić information content (AvgIpc) is 2.77. The maximum absolute atomic E-state index is 12.8. The van der Waals surface area contributed by atoms with Gasteiger partial charge in [-0.3, -0.25) is 19.6 Å². The summed E-state index contributed by atoms with van der Waals surface area (Å²) in [7, 11) is 0. The number of hydrogen-bond donors (Lipinski definition) is 0. The Balaban J connectivity index is 1.52. The molecule has 1 aliphatic heterocycles. The van der Waals surface area contributed by atoms with Gasteiger partial charge in [-0.1, -0.05) is 25.5 Å². The predicted molar refractivity (Wildman–Crippen MR) is 112 cm³/mol. The van der Waals surface area contributed by atoms with Gasteiger partial charge in [0.1, 0.15) is 0 Å². The van der Waals surface area contributed by atoms with Crippen molar-refractivity contribution >= 4 is 11.8 Å². The summed E-state index contributed by atoms with van der Waals surface area (Å²) >= 11 is 0. The van der Waals surface area contributed by atoms with Crippen LogP contribution in [0.1, 0.15) is 43.7 Å². The van der Waals surface area contributed by atoms with Crippen molar-refractivity contribution in [1.82, 2.24) is 19.8 Å². The molecule has 0 N–H and O–H groups in total. The van der Waals surface area contributed by atoms with Gasteiger partial charge in [0.2, 0.25) is 11.8 Å². The van der Waals surface area contributed by atoms with E-state index in [1.54, 1.807) is 12.4 Å². The molecule has 0 bridgehead atoms. The Morgan fingerprint density at radius 3 is 2.14 bits per heavy atom. The van der Waals surface area contributed by atoms with E-state index in [1.807, 2.05) is 46.5 Å². The molecule has 6 heteroatoms. The van der Waals surface area contributed by atoms with Crippen LogP contribution in [0, 0.1) is 0 Å². The summed E-state index contributed by atoms with van der Waals surface area (Å²) in [6, 6.07) is 7.90. The van der Waals surface area contributed by atoms with Crippen LogP contribution in [0.15, 0.2) is 49.1 Å². The first-order chi connectivity index (χ1) is 14.2. The van der Waals surface area contributed by atoms with Crippen molar-refractivity contribution in [3.63, 3.8) is 0 Å². The van der Waals surface area contributed by atoms with Crippen molar-refractivity contribution in [3.05, 3.63) is 60.2 Å². The second kappa shape index (κ2) is 10.7. The fourth-order valence-corrected chi connectivity index (χ4v) is 3.89. The summed E-state index contributed by atoms with van der Waals surface area (Å²) in [5.74, 6) is 0.340. The molecule has 0 aliphatic carbocycles. The first-order valence-corrected chi connectivity index (χ1v) is 10.5. The van der Waals surface area contributed by atoms with E-state index in [0.717, 1.165) is 24.0 Å². The minimum absolute atomic E-state index is 0.109. The molecule has 0 aromatic carbocycles. The summed E-state index contributed by atoms with van der Waals surface area (Å²) in [6.07, 6.45) is 11.4. The smallest absolute Gasteiger partial charge is 0.223 e. The number of aryl methyl sites for hydroxylation is 2. The fourth-order valence-electron chi connectivity index (χ4n) is 3.89. The van der Waals surface area contributed by atoms with Gasteiger partial charge in [0.05, 0.1) is 0 Å². The number of rotatable bonds is 8. The van der Waals surface area contributed by atoms with Gasteiger partial charge in [0, 0.05) is 63.3 Å². The highest BCUT2D eigenvalue weighted by atomic mass is 16.2. The number of amides is 2. The number of pyridine rings is 2. The third-order valence-electron chi connectivity index (χ3n) is 5.48. The van der Waals surface area contributed by atoms with Gasteiger partial charge >= 0.3 is 0 Å². The molecular formula is C23H30N4O2. The Kier molecular flexibility index (Phi) is 7.73. The van der Waals surface area contributed by atoms with Gasteiger partial charge in [0.15, 0.2) is 0 Å². The Morgan fingerprint density at radius 1 is 0.966 bits per heavy atom. The monoisotopic (exact) mass is 394 g/mol. The molecule has 29 heavy (non-hydrogen) atoms. The number of piperazine rings is 1. The van der Waals surface area contributed by atoms with Gasteiger partial charge in [-0.2, -0.15) is 0 Å². The molecule has 2 aromatic heterocycles. The molecule has 1 atom stereocenters. The van der Waals surface area contributed by atoms with Crippen LogP contribution in [0.4, 0.5) is 0 Å². The van der Waals surface area contributed by atoms with Crippen LogP contribution in [0.2, 0.25) is 0 Å². The van der Waals surface area contributed by atoms with Crippen molar-refractivity contribution in [2.24, 2.45) is 0 Å². The average molecular weight is 395 g/mol. The molecule has 3 rings (SSSR count). The van der Waals surface area contributed by atoms with E-state index in [9.17, 15) is 9.59 Å². The summed E-state index contributed by atoms with van der Waals surface area (Å²) in [5.41, 5.74) is 2.16. The molecule has 2 amide bonds. The Bertz CT molecular complexity index is 782. The second-order valence-corrected chi connectivity index (χ2v) is 7.59. The van der Waals surface area contributed by atoms with Crippen molar-refractivity contribution in [1.29, 1.82) is 0 Å². The molecule has 1 fully saturated rings. The van der Waals surface area contributed by atoms with Crippen LogP contribution in [-0.2, 0) is 22.4 Å². The van der Waals surface area contributed by atoms with Crippen molar-refractivity contribution in [2.75, 3.05) is 19.6 Å². The Hall–Kier alpha value is -2.76. The molecule has 1 aliphatic rings. The highest BCUT2D eigenvalue weighted by molar-refractivity contribution is 5.79. The van der Waals surface area contributed by atoms with Crippen LogP contribution in [0.5, 0.6) is 0 Å². The van der Waals surface area contributed by atoms with E-state index in [1.165, 1.54) is 0 Å². The summed E-state index contributed by atoms with van der Waals surface area (Å²) in [5, 5.41) is 0. The third kappa shape index (κ3) is 6.11. The number of nitrogens with zero attached hydrogens (tertiary/aromatic N) is 4. The molecule has 0 radical (unpaired) electrons. The van der Waals surface area contributed by atoms with E-state index in [0.29, 0.717) is 45.3 Å². The summed E-state index contributed by atoms with van der Waals surface area (Å²) in [4.78, 5) is 37.7. The first kappa shape index (κ1) is 21.0. The van der Waals surface area contributed by atoms with E-state index >= 15 is 0 Å². The lowest BCUT2D eigenvalue weighted by Crippen LogP contribution is -2.56. The molecule has 1 saturated heterocycles. The standard InChI is InChI=1S/C23H30N4O2/c1-2-5-21-18-26(22(28)10-8-19-6-3-12-24-16-19)14-15-27(21)23(29)11-9-20-7-4-13-25-17-20/h3-4,6-7,12-13,16-17,21H,2,5,8-11,14-15,18H2,1H3/t21-/m1/s1. The van der Waals surface area contributed by atoms with Crippen LogP contribution in [-0.4, -0.2) is 57.3 Å². The molecule has 154 valence electrons. The van der Waals surface area contributed by atoms with Crippen molar-refractivity contribution in [3.8, 4) is 0 Å². The first-order valence-electron chi connectivity index (χ1n) is 10.5. The molecule has 2 aromatic rings. The number of hydrogen-bond acceptors (Lipinski definition) is 4.